The van der Waals surface area contributed by atoms with Gasteiger partial charge in [-0.1, -0.05) is 11.6 Å². The van der Waals surface area contributed by atoms with Crippen LogP contribution in [0.5, 0.6) is 0 Å². The lowest BCUT2D eigenvalue weighted by Gasteiger charge is -2.27. The molecule has 0 aromatic heterocycles. The van der Waals surface area contributed by atoms with Crippen molar-refractivity contribution in [3.8, 4) is 0 Å². The molecule has 0 spiro atoms. The molecule has 1 aromatic rings. The van der Waals surface area contributed by atoms with Crippen molar-refractivity contribution in [1.29, 1.82) is 0 Å². The summed E-state index contributed by atoms with van der Waals surface area (Å²) in [6.45, 7) is 1.74. The summed E-state index contributed by atoms with van der Waals surface area (Å²) in [7, 11) is 0. The van der Waals surface area contributed by atoms with Gasteiger partial charge in [-0.25, -0.2) is 4.39 Å². The number of hydrogen-bond acceptors (Lipinski definition) is 2. The lowest BCUT2D eigenvalue weighted by Crippen LogP contribution is -2.31. The van der Waals surface area contributed by atoms with Gasteiger partial charge in [0.25, 0.3) is 0 Å². The predicted octanol–water partition coefficient (Wildman–Crippen LogP) is 3.27. The molecule has 0 aliphatic carbocycles. The van der Waals surface area contributed by atoms with E-state index in [0.29, 0.717) is 15.1 Å². The lowest BCUT2D eigenvalue weighted by atomic mass is 9.88. The van der Waals surface area contributed by atoms with Crippen LogP contribution in [0.25, 0.3) is 0 Å². The van der Waals surface area contributed by atoms with E-state index in [4.69, 9.17) is 11.6 Å². The second-order valence-corrected chi connectivity index (χ2v) is 5.58. The average Bonchev–Trinajstić information content (AvgIpc) is 2.34. The monoisotopic (exact) mass is 321 g/mol. The summed E-state index contributed by atoms with van der Waals surface area (Å²) in [5.74, 6) is -0.310. The second-order valence-electron chi connectivity index (χ2n) is 4.32. The molecule has 1 aliphatic heterocycles. The van der Waals surface area contributed by atoms with Crippen LogP contribution in [-0.2, 0) is 0 Å². The number of aliphatic hydroxyl groups excluding tert-OH is 1. The number of benzene rings is 1. The molecular formula is C12H14BrClFNO. The van der Waals surface area contributed by atoms with Crippen molar-refractivity contribution in [2.45, 2.75) is 18.9 Å². The summed E-state index contributed by atoms with van der Waals surface area (Å²) in [4.78, 5) is 0. The van der Waals surface area contributed by atoms with E-state index in [0.717, 1.165) is 25.9 Å². The molecule has 2 rings (SSSR count). The molecule has 0 amide bonds. The Kier molecular flexibility index (Phi) is 4.42. The van der Waals surface area contributed by atoms with Crippen LogP contribution in [0.2, 0.25) is 5.02 Å². The van der Waals surface area contributed by atoms with Gasteiger partial charge in [0.05, 0.1) is 11.1 Å². The SMILES string of the molecule is OC(c1cc(Cl)c(Br)cc1F)C1CCNCC1. The van der Waals surface area contributed by atoms with Crippen LogP contribution in [0.3, 0.4) is 0 Å². The highest BCUT2D eigenvalue weighted by molar-refractivity contribution is 9.10. The average molecular weight is 323 g/mol. The number of nitrogens with one attached hydrogen (secondary N) is 1. The summed E-state index contributed by atoms with van der Waals surface area (Å²) >= 11 is 9.09. The molecule has 2 N–H and O–H groups in total. The molecule has 0 radical (unpaired) electrons. The first-order valence-electron chi connectivity index (χ1n) is 5.63. The zero-order valence-corrected chi connectivity index (χ0v) is 11.6. The highest BCUT2D eigenvalue weighted by Gasteiger charge is 2.25. The van der Waals surface area contributed by atoms with Gasteiger partial charge in [0.1, 0.15) is 5.82 Å². The van der Waals surface area contributed by atoms with Crippen molar-refractivity contribution < 1.29 is 9.50 Å². The number of aliphatic hydroxyl groups is 1. The quantitative estimate of drug-likeness (QED) is 0.819. The van der Waals surface area contributed by atoms with Gasteiger partial charge in [-0.3, -0.25) is 0 Å². The molecule has 17 heavy (non-hydrogen) atoms. The molecule has 1 saturated heterocycles. The molecular weight excluding hydrogens is 308 g/mol. The molecule has 1 aromatic carbocycles. The first-order chi connectivity index (χ1) is 8.09. The van der Waals surface area contributed by atoms with Gasteiger partial charge in [0.15, 0.2) is 0 Å². The van der Waals surface area contributed by atoms with Crippen LogP contribution < -0.4 is 5.32 Å². The Labute approximate surface area is 113 Å². The fourth-order valence-corrected chi connectivity index (χ4v) is 2.67. The van der Waals surface area contributed by atoms with Crippen LogP contribution >= 0.6 is 27.5 Å². The fourth-order valence-electron chi connectivity index (χ4n) is 2.18. The molecule has 1 atom stereocenters. The first-order valence-corrected chi connectivity index (χ1v) is 6.80. The molecule has 94 valence electrons. The molecule has 1 unspecified atom stereocenters. The Morgan fingerprint density at radius 3 is 2.71 bits per heavy atom. The highest BCUT2D eigenvalue weighted by Crippen LogP contribution is 2.34. The van der Waals surface area contributed by atoms with Crippen LogP contribution in [0.1, 0.15) is 24.5 Å². The number of piperidine rings is 1. The minimum Gasteiger partial charge on any atom is -0.388 e. The predicted molar refractivity (Wildman–Crippen MR) is 69.7 cm³/mol. The zero-order valence-electron chi connectivity index (χ0n) is 9.22. The number of halogens is 3. The van der Waals surface area contributed by atoms with Crippen molar-refractivity contribution >= 4 is 27.5 Å². The van der Waals surface area contributed by atoms with Crippen molar-refractivity contribution in [2.75, 3.05) is 13.1 Å². The second kappa shape index (κ2) is 5.65. The maximum absolute atomic E-state index is 13.8. The third-order valence-corrected chi connectivity index (χ3v) is 4.39. The molecule has 1 fully saturated rings. The van der Waals surface area contributed by atoms with E-state index in [2.05, 4.69) is 21.2 Å². The zero-order chi connectivity index (χ0) is 12.4. The van der Waals surface area contributed by atoms with E-state index in [-0.39, 0.29) is 5.92 Å². The maximum Gasteiger partial charge on any atom is 0.130 e. The smallest absolute Gasteiger partial charge is 0.130 e. The van der Waals surface area contributed by atoms with E-state index in [9.17, 15) is 9.50 Å². The largest absolute Gasteiger partial charge is 0.388 e. The van der Waals surface area contributed by atoms with Crippen molar-refractivity contribution in [3.63, 3.8) is 0 Å². The van der Waals surface area contributed by atoms with E-state index >= 15 is 0 Å². The highest BCUT2D eigenvalue weighted by atomic mass is 79.9. The summed E-state index contributed by atoms with van der Waals surface area (Å²) < 4.78 is 14.3. The Balaban J connectivity index is 2.23. The number of rotatable bonds is 2. The third kappa shape index (κ3) is 2.99. The molecule has 0 bridgehead atoms. The van der Waals surface area contributed by atoms with Gasteiger partial charge in [0, 0.05) is 10.0 Å². The summed E-state index contributed by atoms with van der Waals surface area (Å²) in [5.41, 5.74) is 0.296. The standard InChI is InChI=1S/C12H14BrClFNO/c13-9-6-11(15)8(5-10(9)14)12(17)7-1-3-16-4-2-7/h5-7,12,16-17H,1-4H2. The summed E-state index contributed by atoms with van der Waals surface area (Å²) in [5, 5.41) is 13.8. The van der Waals surface area contributed by atoms with Gasteiger partial charge in [-0.05, 0) is 59.9 Å². The lowest BCUT2D eigenvalue weighted by molar-refractivity contribution is 0.0856. The molecule has 0 saturated carbocycles. The van der Waals surface area contributed by atoms with E-state index in [1.165, 1.54) is 12.1 Å². The van der Waals surface area contributed by atoms with E-state index in [1.54, 1.807) is 0 Å². The Morgan fingerprint density at radius 1 is 1.41 bits per heavy atom. The van der Waals surface area contributed by atoms with Crippen LogP contribution in [0, 0.1) is 11.7 Å². The molecule has 1 heterocycles. The van der Waals surface area contributed by atoms with E-state index in [1.807, 2.05) is 0 Å². The van der Waals surface area contributed by atoms with Crippen molar-refractivity contribution in [1.82, 2.24) is 5.32 Å². The Hall–Kier alpha value is -0.160. The summed E-state index contributed by atoms with van der Waals surface area (Å²) in [6.07, 6.45) is 0.936. The fraction of sp³-hybridized carbons (Fsp3) is 0.500. The van der Waals surface area contributed by atoms with Crippen molar-refractivity contribution in [3.05, 3.63) is 33.0 Å². The maximum atomic E-state index is 13.8. The topological polar surface area (TPSA) is 32.3 Å². The summed E-state index contributed by atoms with van der Waals surface area (Å²) in [6, 6.07) is 2.82. The minimum atomic E-state index is -0.775. The number of hydrogen-bond donors (Lipinski definition) is 2. The van der Waals surface area contributed by atoms with Gasteiger partial charge in [0.2, 0.25) is 0 Å². The Bertz CT molecular complexity index is 410. The van der Waals surface area contributed by atoms with Crippen molar-refractivity contribution in [2.24, 2.45) is 5.92 Å². The van der Waals surface area contributed by atoms with Gasteiger partial charge in [-0.15, -0.1) is 0 Å². The molecule has 5 heteroatoms. The minimum absolute atomic E-state index is 0.1000. The van der Waals surface area contributed by atoms with Gasteiger partial charge >= 0.3 is 0 Å². The van der Waals surface area contributed by atoms with Crippen LogP contribution in [0.4, 0.5) is 4.39 Å². The van der Waals surface area contributed by atoms with Crippen LogP contribution in [0.15, 0.2) is 16.6 Å². The first kappa shape index (κ1) is 13.3. The van der Waals surface area contributed by atoms with Crippen LogP contribution in [-0.4, -0.2) is 18.2 Å². The third-order valence-electron chi connectivity index (χ3n) is 3.19. The van der Waals surface area contributed by atoms with E-state index < -0.39 is 11.9 Å². The molecule has 2 nitrogen and oxygen atoms in total. The van der Waals surface area contributed by atoms with Gasteiger partial charge in [-0.2, -0.15) is 0 Å². The van der Waals surface area contributed by atoms with Gasteiger partial charge < -0.3 is 10.4 Å². The molecule has 1 aliphatic rings. The Morgan fingerprint density at radius 2 is 2.06 bits per heavy atom. The normalized spacial score (nSPS) is 19.3.